The molecule has 18 heavy (non-hydrogen) atoms. The standard InChI is InChI=1S/C12H22N2O3S/c1-10(15)11-9-18-12(13-11)14(6-8-17-3)5-4-7-16-2/h9-10,15H,4-8H2,1-3H3. The summed E-state index contributed by atoms with van der Waals surface area (Å²) in [5.74, 6) is 0. The van der Waals surface area contributed by atoms with Crippen LogP contribution in [0, 0.1) is 0 Å². The fraction of sp³-hybridized carbons (Fsp3) is 0.750. The van der Waals surface area contributed by atoms with Crippen molar-refractivity contribution in [2.24, 2.45) is 0 Å². The molecule has 6 heteroatoms. The summed E-state index contributed by atoms with van der Waals surface area (Å²) in [5, 5.41) is 12.3. The Morgan fingerprint density at radius 1 is 1.33 bits per heavy atom. The summed E-state index contributed by atoms with van der Waals surface area (Å²) in [6, 6.07) is 0. The van der Waals surface area contributed by atoms with Crippen molar-refractivity contribution in [3.8, 4) is 0 Å². The molecule has 104 valence electrons. The van der Waals surface area contributed by atoms with Gasteiger partial charge in [-0.15, -0.1) is 11.3 Å². The largest absolute Gasteiger partial charge is 0.387 e. The average molecular weight is 274 g/mol. The maximum Gasteiger partial charge on any atom is 0.185 e. The number of hydrogen-bond donors (Lipinski definition) is 1. The Balaban J connectivity index is 2.61. The molecule has 1 aromatic heterocycles. The highest BCUT2D eigenvalue weighted by atomic mass is 32.1. The summed E-state index contributed by atoms with van der Waals surface area (Å²) < 4.78 is 10.2. The van der Waals surface area contributed by atoms with Gasteiger partial charge in [0.25, 0.3) is 0 Å². The third-order valence-corrected chi connectivity index (χ3v) is 3.47. The fourth-order valence-corrected chi connectivity index (χ4v) is 2.48. The molecule has 1 aromatic rings. The van der Waals surface area contributed by atoms with Crippen LogP contribution < -0.4 is 4.90 Å². The van der Waals surface area contributed by atoms with E-state index in [0.717, 1.165) is 36.9 Å². The monoisotopic (exact) mass is 274 g/mol. The van der Waals surface area contributed by atoms with E-state index in [2.05, 4.69) is 9.88 Å². The summed E-state index contributed by atoms with van der Waals surface area (Å²) in [5.41, 5.74) is 0.726. The predicted molar refractivity (Wildman–Crippen MR) is 73.3 cm³/mol. The van der Waals surface area contributed by atoms with Crippen LogP contribution in [-0.2, 0) is 9.47 Å². The Morgan fingerprint density at radius 3 is 2.61 bits per heavy atom. The number of thiazole rings is 1. The number of rotatable bonds is 9. The van der Waals surface area contributed by atoms with Crippen LogP contribution in [0.1, 0.15) is 25.1 Å². The number of ether oxygens (including phenoxy) is 2. The van der Waals surface area contributed by atoms with Crippen LogP contribution in [0.5, 0.6) is 0 Å². The molecule has 0 aromatic carbocycles. The molecule has 0 saturated heterocycles. The van der Waals surface area contributed by atoms with Gasteiger partial charge in [0.15, 0.2) is 5.13 Å². The summed E-state index contributed by atoms with van der Waals surface area (Å²) in [4.78, 5) is 6.61. The van der Waals surface area contributed by atoms with E-state index >= 15 is 0 Å². The molecule has 1 heterocycles. The van der Waals surface area contributed by atoms with E-state index in [0.29, 0.717) is 6.61 Å². The van der Waals surface area contributed by atoms with Crippen LogP contribution in [0.25, 0.3) is 0 Å². The first-order valence-electron chi connectivity index (χ1n) is 6.05. The van der Waals surface area contributed by atoms with E-state index in [4.69, 9.17) is 9.47 Å². The second kappa shape index (κ2) is 8.42. The van der Waals surface area contributed by atoms with Crippen LogP contribution in [-0.4, -0.2) is 50.6 Å². The molecule has 1 rings (SSSR count). The van der Waals surface area contributed by atoms with Gasteiger partial charge in [-0.05, 0) is 13.3 Å². The van der Waals surface area contributed by atoms with Gasteiger partial charge in [0.2, 0.25) is 0 Å². The molecule has 5 nitrogen and oxygen atoms in total. The van der Waals surface area contributed by atoms with Gasteiger partial charge < -0.3 is 19.5 Å². The van der Waals surface area contributed by atoms with E-state index in [9.17, 15) is 5.11 Å². The van der Waals surface area contributed by atoms with E-state index in [1.807, 2.05) is 5.38 Å². The Hall–Kier alpha value is -0.690. The Bertz CT molecular complexity index is 331. The summed E-state index contributed by atoms with van der Waals surface area (Å²) >= 11 is 1.55. The smallest absolute Gasteiger partial charge is 0.185 e. The van der Waals surface area contributed by atoms with Crippen molar-refractivity contribution in [1.29, 1.82) is 0 Å². The number of hydrogen-bond acceptors (Lipinski definition) is 6. The SMILES string of the molecule is COCCCN(CCOC)c1nc(C(C)O)cs1. The maximum atomic E-state index is 9.49. The first kappa shape index (κ1) is 15.4. The van der Waals surface area contributed by atoms with E-state index < -0.39 is 6.10 Å². The molecule has 0 aliphatic heterocycles. The zero-order chi connectivity index (χ0) is 13.4. The molecule has 0 fully saturated rings. The minimum atomic E-state index is -0.516. The Morgan fingerprint density at radius 2 is 2.06 bits per heavy atom. The van der Waals surface area contributed by atoms with E-state index in [-0.39, 0.29) is 0 Å². The molecule has 0 spiro atoms. The number of aliphatic hydroxyl groups is 1. The normalized spacial score (nSPS) is 12.7. The number of aliphatic hydroxyl groups excluding tert-OH is 1. The number of methoxy groups -OCH3 is 2. The second-order valence-electron chi connectivity index (χ2n) is 4.06. The number of aromatic nitrogens is 1. The van der Waals surface area contributed by atoms with Gasteiger partial charge in [0.05, 0.1) is 18.4 Å². The van der Waals surface area contributed by atoms with Crippen molar-refractivity contribution in [2.75, 3.05) is 45.4 Å². The van der Waals surface area contributed by atoms with Gasteiger partial charge in [0.1, 0.15) is 0 Å². The Kier molecular flexibility index (Phi) is 7.19. The van der Waals surface area contributed by atoms with Gasteiger partial charge in [-0.3, -0.25) is 0 Å². The quantitative estimate of drug-likeness (QED) is 0.694. The minimum Gasteiger partial charge on any atom is -0.387 e. The summed E-state index contributed by atoms with van der Waals surface area (Å²) in [6.07, 6.45) is 0.433. The summed E-state index contributed by atoms with van der Waals surface area (Å²) in [6.45, 7) is 4.80. The lowest BCUT2D eigenvalue weighted by molar-refractivity contribution is 0.190. The Labute approximate surface area is 112 Å². The molecule has 0 radical (unpaired) electrons. The topological polar surface area (TPSA) is 54.8 Å². The van der Waals surface area contributed by atoms with Crippen molar-refractivity contribution in [3.05, 3.63) is 11.1 Å². The van der Waals surface area contributed by atoms with Gasteiger partial charge in [0, 0.05) is 39.3 Å². The molecule has 1 unspecified atom stereocenters. The highest BCUT2D eigenvalue weighted by Gasteiger charge is 2.13. The highest BCUT2D eigenvalue weighted by molar-refractivity contribution is 7.13. The zero-order valence-electron chi connectivity index (χ0n) is 11.3. The van der Waals surface area contributed by atoms with Crippen molar-refractivity contribution in [3.63, 3.8) is 0 Å². The van der Waals surface area contributed by atoms with Crippen LogP contribution >= 0.6 is 11.3 Å². The minimum absolute atomic E-state index is 0.516. The van der Waals surface area contributed by atoms with E-state index in [1.165, 1.54) is 0 Å². The highest BCUT2D eigenvalue weighted by Crippen LogP contribution is 2.24. The molecule has 1 N–H and O–H groups in total. The van der Waals surface area contributed by atoms with Crippen LogP contribution in [0.3, 0.4) is 0 Å². The van der Waals surface area contributed by atoms with Crippen LogP contribution in [0.15, 0.2) is 5.38 Å². The summed E-state index contributed by atoms with van der Waals surface area (Å²) in [7, 11) is 3.39. The number of nitrogens with zero attached hydrogens (tertiary/aromatic N) is 2. The molecule has 0 aliphatic carbocycles. The van der Waals surface area contributed by atoms with Gasteiger partial charge in [-0.25, -0.2) is 4.98 Å². The van der Waals surface area contributed by atoms with E-state index in [1.54, 1.807) is 32.5 Å². The van der Waals surface area contributed by atoms with Crippen LogP contribution in [0.2, 0.25) is 0 Å². The van der Waals surface area contributed by atoms with Crippen molar-refractivity contribution in [1.82, 2.24) is 4.98 Å². The lowest BCUT2D eigenvalue weighted by Crippen LogP contribution is -2.29. The van der Waals surface area contributed by atoms with Gasteiger partial charge in [-0.2, -0.15) is 0 Å². The fourth-order valence-electron chi connectivity index (χ4n) is 1.52. The molecule has 0 bridgehead atoms. The van der Waals surface area contributed by atoms with Crippen molar-refractivity contribution >= 4 is 16.5 Å². The molecule has 0 saturated carbocycles. The molecule has 0 aliphatic rings. The maximum absolute atomic E-state index is 9.49. The third kappa shape index (κ3) is 4.89. The third-order valence-electron chi connectivity index (χ3n) is 2.55. The number of anilines is 1. The predicted octanol–water partition coefficient (Wildman–Crippen LogP) is 1.69. The van der Waals surface area contributed by atoms with Gasteiger partial charge in [-0.1, -0.05) is 0 Å². The molecular weight excluding hydrogens is 252 g/mol. The first-order chi connectivity index (χ1) is 8.69. The second-order valence-corrected chi connectivity index (χ2v) is 4.89. The zero-order valence-corrected chi connectivity index (χ0v) is 12.1. The van der Waals surface area contributed by atoms with Crippen molar-refractivity contribution < 1.29 is 14.6 Å². The molecular formula is C12H22N2O3S. The molecule has 1 atom stereocenters. The van der Waals surface area contributed by atoms with Crippen LogP contribution in [0.4, 0.5) is 5.13 Å². The lowest BCUT2D eigenvalue weighted by Gasteiger charge is -2.21. The first-order valence-corrected chi connectivity index (χ1v) is 6.93. The average Bonchev–Trinajstić information content (AvgIpc) is 2.83. The lowest BCUT2D eigenvalue weighted by atomic mass is 10.3. The molecule has 0 amide bonds. The van der Waals surface area contributed by atoms with Crippen molar-refractivity contribution in [2.45, 2.75) is 19.4 Å². The van der Waals surface area contributed by atoms with Gasteiger partial charge >= 0.3 is 0 Å².